The van der Waals surface area contributed by atoms with E-state index in [-0.39, 0.29) is 43.8 Å². The van der Waals surface area contributed by atoms with Crippen molar-refractivity contribution in [3.63, 3.8) is 0 Å². The van der Waals surface area contributed by atoms with Crippen LogP contribution in [0.15, 0.2) is 150 Å². The number of rotatable bonds is 23. The molecule has 0 radical (unpaired) electrons. The smallest absolute Gasteiger partial charge is 0.421 e. The molecule has 600 valence electrons. The number of halogens is 5. The molecule has 3 aliphatic heterocycles. The fourth-order valence-corrected chi connectivity index (χ4v) is 18.2. The lowest BCUT2D eigenvalue weighted by Gasteiger charge is -2.43. The number of likely N-dealkylation sites (N-methyl/N-ethyl adjacent to an activating group) is 1. The van der Waals surface area contributed by atoms with E-state index in [0.717, 1.165) is 49.3 Å². The molecule has 6 heterocycles. The second kappa shape index (κ2) is 35.0. The average Bonchev–Trinajstić information content (AvgIpc) is 1.63. The number of hydrogen-bond acceptors (Lipinski definition) is 25. The van der Waals surface area contributed by atoms with Gasteiger partial charge in [0.25, 0.3) is 0 Å². The van der Waals surface area contributed by atoms with E-state index < -0.39 is 69.2 Å². The molecule has 6 N–H and O–H groups in total. The van der Waals surface area contributed by atoms with Crippen molar-refractivity contribution in [1.29, 1.82) is 0 Å². The van der Waals surface area contributed by atoms with Crippen LogP contribution < -0.4 is 66.9 Å². The van der Waals surface area contributed by atoms with Gasteiger partial charge in [0.05, 0.1) is 81.0 Å². The first-order chi connectivity index (χ1) is 52.5. The molecule has 0 bridgehead atoms. The molecular weight excluding hydrogens is 1580 g/mol. The van der Waals surface area contributed by atoms with Gasteiger partial charge in [0.15, 0.2) is 31.3 Å². The average molecular weight is 1680 g/mol. The Kier molecular flexibility index (Phi) is 26.9. The monoisotopic (exact) mass is 1670 g/mol. The molecule has 3 aromatic heterocycles. The van der Waals surface area contributed by atoms with E-state index in [1.807, 2.05) is 24.3 Å². The maximum absolute atomic E-state index is 13.7. The molecular formula is C77H95Cl2F3N15O10P3S2. The lowest BCUT2D eigenvalue weighted by Crippen LogP contribution is -2.52. The van der Waals surface area contributed by atoms with Gasteiger partial charge in [-0.05, 0) is 186 Å². The van der Waals surface area contributed by atoms with Gasteiger partial charge in [-0.2, -0.15) is 28.1 Å². The molecule has 0 atom stereocenters. The summed E-state index contributed by atoms with van der Waals surface area (Å²) in [5.41, 5.74) is 3.79. The van der Waals surface area contributed by atoms with Gasteiger partial charge in [0.1, 0.15) is 65.7 Å². The first-order valence-corrected chi connectivity index (χ1v) is 47.6. The summed E-state index contributed by atoms with van der Waals surface area (Å²) in [6.07, 6.45) is 1.98. The van der Waals surface area contributed by atoms with Crippen LogP contribution in [-0.4, -0.2) is 179 Å². The Balaban J connectivity index is 0.000000180. The number of ether oxygens (including phenoxy) is 3. The number of nitrogens with one attached hydrogen (secondary N) is 6. The number of para-hydroxylation sites is 3. The van der Waals surface area contributed by atoms with E-state index in [4.69, 9.17) is 37.4 Å². The van der Waals surface area contributed by atoms with Crippen LogP contribution >= 0.6 is 44.6 Å². The Hall–Kier alpha value is -8.56. The van der Waals surface area contributed by atoms with Crippen LogP contribution in [-0.2, 0) is 46.0 Å². The van der Waals surface area contributed by atoms with Crippen molar-refractivity contribution in [3.8, 4) is 17.2 Å². The van der Waals surface area contributed by atoms with Crippen molar-refractivity contribution >= 4 is 155 Å². The Labute approximate surface area is 663 Å². The summed E-state index contributed by atoms with van der Waals surface area (Å²) < 4.78 is 147. The molecule has 0 spiro atoms. The lowest BCUT2D eigenvalue weighted by molar-refractivity contribution is -0.137. The molecule has 0 unspecified atom stereocenters. The number of fused-ring (bicyclic) bond motifs is 1. The summed E-state index contributed by atoms with van der Waals surface area (Å²) in [5.74, 6) is 2.11. The summed E-state index contributed by atoms with van der Waals surface area (Å²) in [5, 5.41) is 19.3. The van der Waals surface area contributed by atoms with Crippen molar-refractivity contribution in [2.24, 2.45) is 0 Å². The van der Waals surface area contributed by atoms with Gasteiger partial charge in [0.2, 0.25) is 17.8 Å². The highest BCUT2D eigenvalue weighted by molar-refractivity contribution is 7.92. The van der Waals surface area contributed by atoms with Gasteiger partial charge in [-0.3, -0.25) is 4.90 Å². The molecule has 2 fully saturated rings. The van der Waals surface area contributed by atoms with E-state index in [0.29, 0.717) is 73.9 Å². The Morgan fingerprint density at radius 2 is 0.955 bits per heavy atom. The van der Waals surface area contributed by atoms with Gasteiger partial charge in [-0.15, -0.1) is 0 Å². The Morgan fingerprint density at radius 1 is 0.536 bits per heavy atom. The van der Waals surface area contributed by atoms with Crippen molar-refractivity contribution in [1.82, 2.24) is 39.7 Å². The van der Waals surface area contributed by atoms with Gasteiger partial charge >= 0.3 is 6.18 Å². The number of hydrogen-bond donors (Lipinski definition) is 6. The van der Waals surface area contributed by atoms with Crippen molar-refractivity contribution in [2.75, 3.05) is 137 Å². The quantitative estimate of drug-likeness (QED) is 0.0324. The Morgan fingerprint density at radius 3 is 1.41 bits per heavy atom. The number of sulfone groups is 2. The second-order valence-corrected chi connectivity index (χ2v) is 44.9. The van der Waals surface area contributed by atoms with Gasteiger partial charge < -0.3 is 69.6 Å². The molecule has 6 aromatic carbocycles. The van der Waals surface area contributed by atoms with E-state index in [9.17, 15) is 43.7 Å². The van der Waals surface area contributed by atoms with E-state index in [1.165, 1.54) is 95.7 Å². The summed E-state index contributed by atoms with van der Waals surface area (Å²) in [6, 6.07) is 34.7. The number of anilines is 13. The lowest BCUT2D eigenvalue weighted by atomic mass is 9.96. The molecule has 35 heteroatoms. The number of piperidine rings is 1. The van der Waals surface area contributed by atoms with Crippen LogP contribution in [0.3, 0.4) is 0 Å². The van der Waals surface area contributed by atoms with Crippen molar-refractivity contribution in [3.05, 3.63) is 161 Å². The number of benzene rings is 6. The number of alkyl halides is 3. The van der Waals surface area contributed by atoms with Crippen LogP contribution in [0.2, 0.25) is 10.0 Å². The number of nitrogens with zero attached hydrogens (tertiary/aromatic N) is 9. The molecule has 3 aliphatic rings. The topological polar surface area (TPSA) is 306 Å². The van der Waals surface area contributed by atoms with Crippen LogP contribution in [0.1, 0.15) is 65.5 Å². The van der Waals surface area contributed by atoms with Crippen molar-refractivity contribution < 1.29 is 57.9 Å². The fraction of sp³-hybridized carbons (Fsp3) is 0.377. The standard InChI is InChI=1S/C32H43ClN7O2P.C23H26F3N4O4PS.C22H26ClN4O4PS/c1-32(2)20-23-27(40-14-12-22(13-15-40)39-18-16-38(3)17-19-39)11-10-26(29(23)42-32)36-31-34-21-24(33)30(37-31)35-25-8-6-7-9-28(25)43(4,5)41;1-14(2)36(32,33)20-9-7-6-8-18(20)28-21-16(23(24,25)26)13-27-22(30-21)29-17-11-10-15(35(4,5)31)12-19(17)34-3;1-14(2)33(29,30)20-9-7-6-8-18(20)25-21-16(23)13-24-22(27-21)26-17-11-10-15(32(4,5)28)12-19(17)31-3/h6-11,21-22H,12-20H2,1-5H3,(H2,34,35,36,37);6-14H,1-5H3,(H2,27,28,29,30);6-14H,1-5H3,(H2,24,25,26,27). The second-order valence-electron chi connectivity index (χ2n) is 29.5. The molecule has 0 saturated carbocycles. The Bertz CT molecular complexity index is 5310. The number of piperazine rings is 1. The number of aromatic nitrogens is 6. The van der Waals surface area contributed by atoms with Gasteiger partial charge in [0, 0.05) is 85.1 Å². The van der Waals surface area contributed by atoms with Crippen LogP contribution in [0, 0.1) is 0 Å². The van der Waals surface area contributed by atoms with Crippen LogP contribution in [0.4, 0.5) is 88.3 Å². The maximum Gasteiger partial charge on any atom is 0.421 e. The summed E-state index contributed by atoms with van der Waals surface area (Å²) in [7, 11) is -9.75. The minimum Gasteiger partial charge on any atom is -0.495 e. The molecule has 25 nitrogen and oxygen atoms in total. The van der Waals surface area contributed by atoms with Crippen LogP contribution in [0.5, 0.6) is 17.2 Å². The SMILES string of the molecule is CN1CCN(C2CCN(c3ccc(Nc4ncc(Cl)c(Nc5ccccc5P(C)(C)=O)n4)c4c3CC(C)(C)O4)CC2)CC1.COc1cc(P(C)(C)=O)ccc1Nc1ncc(C(F)(F)F)c(Nc2ccccc2S(=O)(=O)C(C)C)n1.COc1cc(P(C)(C)=O)ccc1Nc1ncc(Cl)c(Nc2ccccc2S(=O)(=O)C(C)C)n1. The molecule has 12 rings (SSSR count). The third kappa shape index (κ3) is 21.1. The van der Waals surface area contributed by atoms with E-state index in [2.05, 4.69) is 110 Å². The predicted molar refractivity (Wildman–Crippen MR) is 447 cm³/mol. The van der Waals surface area contributed by atoms with E-state index >= 15 is 0 Å². The minimum atomic E-state index is -4.81. The maximum atomic E-state index is 13.7. The van der Waals surface area contributed by atoms with Gasteiger partial charge in [-0.25, -0.2) is 31.8 Å². The first-order valence-electron chi connectivity index (χ1n) is 36.0. The number of methoxy groups -OCH3 is 2. The summed E-state index contributed by atoms with van der Waals surface area (Å²) >= 11 is 12.8. The van der Waals surface area contributed by atoms with Crippen LogP contribution in [0.25, 0.3) is 0 Å². The van der Waals surface area contributed by atoms with Crippen molar-refractivity contribution in [2.45, 2.75) is 98.9 Å². The highest BCUT2D eigenvalue weighted by Gasteiger charge is 2.39. The zero-order valence-corrected chi connectivity index (χ0v) is 70.9. The molecule has 0 amide bonds. The van der Waals surface area contributed by atoms with Gasteiger partial charge in [-0.1, -0.05) is 59.6 Å². The predicted octanol–water partition coefficient (Wildman–Crippen LogP) is 16.3. The highest BCUT2D eigenvalue weighted by Crippen LogP contribution is 2.48. The normalized spacial score (nSPS) is 15.1. The zero-order valence-electron chi connectivity index (χ0n) is 65.0. The molecule has 9 aromatic rings. The minimum absolute atomic E-state index is 0.0510. The van der Waals surface area contributed by atoms with E-state index in [1.54, 1.807) is 121 Å². The third-order valence-corrected chi connectivity index (χ3v) is 28.5. The largest absolute Gasteiger partial charge is 0.495 e. The summed E-state index contributed by atoms with van der Waals surface area (Å²) in [4.78, 5) is 33.2. The first kappa shape index (κ1) is 85.9. The highest BCUT2D eigenvalue weighted by atomic mass is 35.5. The molecule has 0 aliphatic carbocycles. The third-order valence-electron chi connectivity index (χ3n) is 18.9. The fourth-order valence-electron chi connectivity index (χ4n) is 12.6. The zero-order chi connectivity index (χ0) is 81.6. The molecule has 2 saturated heterocycles. The summed E-state index contributed by atoms with van der Waals surface area (Å²) in [6.45, 7) is 27.3. The molecule has 112 heavy (non-hydrogen) atoms.